The lowest BCUT2D eigenvalue weighted by atomic mass is 10.1. The van der Waals surface area contributed by atoms with Crippen LogP contribution in [0, 0.1) is 11.8 Å². The molecule has 0 aromatic heterocycles. The van der Waals surface area contributed by atoms with E-state index in [0.29, 0.717) is 0 Å². The van der Waals surface area contributed by atoms with Crippen molar-refractivity contribution >= 4 is 12.3 Å². The highest BCUT2D eigenvalue weighted by molar-refractivity contribution is 5.61. The third-order valence-corrected chi connectivity index (χ3v) is 1.67. The van der Waals surface area contributed by atoms with Gasteiger partial charge in [-0.2, -0.15) is 0 Å². The number of hydrogen-bond acceptors (Lipinski definition) is 6. The molecular weight excluding hydrogens is 240 g/mol. The Morgan fingerprint density at radius 3 is 1.28 bits per heavy atom. The van der Waals surface area contributed by atoms with E-state index in [1.165, 1.54) is 14.2 Å². The van der Waals surface area contributed by atoms with Gasteiger partial charge in [-0.3, -0.25) is 0 Å². The molecule has 0 radical (unpaired) electrons. The molecule has 102 valence electrons. The van der Waals surface area contributed by atoms with E-state index in [1.54, 1.807) is 27.7 Å². The molecule has 0 atom stereocenters. The molecule has 0 aromatic carbocycles. The maximum Gasteiger partial charge on any atom is 0.509 e. The molecule has 6 nitrogen and oxygen atoms in total. The molecule has 0 aliphatic carbocycles. The van der Waals surface area contributed by atoms with Crippen LogP contribution in [-0.2, 0) is 18.9 Å². The number of carbonyl (C=O) groups excluding carboxylic acids is 2. The fourth-order valence-corrected chi connectivity index (χ4v) is 0.852. The van der Waals surface area contributed by atoms with Gasteiger partial charge in [-0.05, 0) is 27.7 Å². The Kier molecular flexibility index (Phi) is 5.50. The Bertz CT molecular complexity index is 338. The topological polar surface area (TPSA) is 71.1 Å². The minimum atomic E-state index is -1.05. The van der Waals surface area contributed by atoms with E-state index in [9.17, 15) is 9.59 Å². The van der Waals surface area contributed by atoms with Crippen LogP contribution in [0.25, 0.3) is 0 Å². The third kappa shape index (κ3) is 6.63. The molecule has 0 aliphatic heterocycles. The third-order valence-electron chi connectivity index (χ3n) is 1.67. The summed E-state index contributed by atoms with van der Waals surface area (Å²) in [6.07, 6.45) is -1.66. The largest absolute Gasteiger partial charge is 0.509 e. The predicted octanol–water partition coefficient (Wildman–Crippen LogP) is 2.11. The fourth-order valence-electron chi connectivity index (χ4n) is 0.852. The molecule has 0 rings (SSSR count). The molecule has 0 unspecified atom stereocenters. The number of rotatable bonds is 2. The monoisotopic (exact) mass is 258 g/mol. The van der Waals surface area contributed by atoms with Crippen molar-refractivity contribution in [1.29, 1.82) is 0 Å². The number of ether oxygens (including phenoxy) is 4. The summed E-state index contributed by atoms with van der Waals surface area (Å²) in [7, 11) is 2.41. The Morgan fingerprint density at radius 1 is 0.778 bits per heavy atom. The standard InChI is InChI=1S/C12H18O6/c1-11(2,17-9(13)15-5)7-8-12(3,4)18-10(14)16-6/h1-6H3. The summed E-state index contributed by atoms with van der Waals surface area (Å²) in [5.74, 6) is 5.38. The van der Waals surface area contributed by atoms with Gasteiger partial charge in [0.1, 0.15) is 0 Å². The minimum Gasteiger partial charge on any atom is -0.438 e. The van der Waals surface area contributed by atoms with Crippen LogP contribution in [0.3, 0.4) is 0 Å². The van der Waals surface area contributed by atoms with Gasteiger partial charge in [-0.25, -0.2) is 9.59 Å². The van der Waals surface area contributed by atoms with Crippen molar-refractivity contribution in [1.82, 2.24) is 0 Å². The minimum absolute atomic E-state index is 0.832. The summed E-state index contributed by atoms with van der Waals surface area (Å²) in [5.41, 5.74) is -2.10. The molecule has 0 bridgehead atoms. The highest BCUT2D eigenvalue weighted by atomic mass is 16.7. The van der Waals surface area contributed by atoms with Gasteiger partial charge in [0.15, 0.2) is 11.2 Å². The molecule has 0 aliphatic rings. The van der Waals surface area contributed by atoms with Crippen molar-refractivity contribution < 1.29 is 28.5 Å². The van der Waals surface area contributed by atoms with Gasteiger partial charge in [0.2, 0.25) is 0 Å². The lowest BCUT2D eigenvalue weighted by molar-refractivity contribution is 0.0160. The average Bonchev–Trinajstić information content (AvgIpc) is 2.25. The summed E-state index contributed by atoms with van der Waals surface area (Å²) in [6.45, 7) is 6.35. The van der Waals surface area contributed by atoms with Gasteiger partial charge >= 0.3 is 12.3 Å². The summed E-state index contributed by atoms with van der Waals surface area (Å²) in [5, 5.41) is 0. The van der Waals surface area contributed by atoms with E-state index in [2.05, 4.69) is 21.3 Å². The molecule has 0 N–H and O–H groups in total. The molecule has 0 saturated carbocycles. The Hall–Kier alpha value is -1.90. The molecule has 0 aromatic rings. The van der Waals surface area contributed by atoms with Crippen molar-refractivity contribution in [2.45, 2.75) is 38.9 Å². The second-order valence-electron chi connectivity index (χ2n) is 4.38. The van der Waals surface area contributed by atoms with Crippen LogP contribution in [0.2, 0.25) is 0 Å². The number of carbonyl (C=O) groups is 2. The van der Waals surface area contributed by atoms with Crippen LogP contribution >= 0.6 is 0 Å². The van der Waals surface area contributed by atoms with Crippen molar-refractivity contribution in [3.63, 3.8) is 0 Å². The Morgan fingerprint density at radius 2 is 1.06 bits per heavy atom. The smallest absolute Gasteiger partial charge is 0.438 e. The zero-order valence-electron chi connectivity index (χ0n) is 11.4. The van der Waals surface area contributed by atoms with Crippen LogP contribution in [0.1, 0.15) is 27.7 Å². The fraction of sp³-hybridized carbons (Fsp3) is 0.667. The number of methoxy groups -OCH3 is 2. The van der Waals surface area contributed by atoms with E-state index in [0.717, 1.165) is 0 Å². The second-order valence-corrected chi connectivity index (χ2v) is 4.38. The summed E-state index contributed by atoms with van der Waals surface area (Å²) < 4.78 is 18.5. The molecule has 0 spiro atoms. The van der Waals surface area contributed by atoms with E-state index in [-0.39, 0.29) is 0 Å². The molecule has 0 fully saturated rings. The summed E-state index contributed by atoms with van der Waals surface area (Å²) >= 11 is 0. The van der Waals surface area contributed by atoms with Gasteiger partial charge in [-0.1, -0.05) is 11.8 Å². The first-order chi connectivity index (χ1) is 8.12. The molecule has 0 amide bonds. The molecule has 0 heterocycles. The maximum absolute atomic E-state index is 11.0. The van der Waals surface area contributed by atoms with Crippen molar-refractivity contribution in [3.05, 3.63) is 0 Å². The van der Waals surface area contributed by atoms with E-state index >= 15 is 0 Å². The summed E-state index contributed by atoms with van der Waals surface area (Å²) in [4.78, 5) is 21.9. The van der Waals surface area contributed by atoms with E-state index in [1.807, 2.05) is 0 Å². The Labute approximate surface area is 107 Å². The van der Waals surface area contributed by atoms with Crippen LogP contribution in [0.4, 0.5) is 9.59 Å². The first-order valence-electron chi connectivity index (χ1n) is 5.20. The summed E-state index contributed by atoms with van der Waals surface area (Å²) in [6, 6.07) is 0. The van der Waals surface area contributed by atoms with Gasteiger partial charge in [0.05, 0.1) is 14.2 Å². The van der Waals surface area contributed by atoms with Crippen LogP contribution in [-0.4, -0.2) is 37.7 Å². The first-order valence-corrected chi connectivity index (χ1v) is 5.20. The Balaban J connectivity index is 4.71. The van der Waals surface area contributed by atoms with Crippen molar-refractivity contribution in [2.75, 3.05) is 14.2 Å². The van der Waals surface area contributed by atoms with Gasteiger partial charge in [0.25, 0.3) is 0 Å². The first kappa shape index (κ1) is 16.1. The van der Waals surface area contributed by atoms with E-state index < -0.39 is 23.5 Å². The zero-order chi connectivity index (χ0) is 14.4. The van der Waals surface area contributed by atoms with Crippen LogP contribution in [0.5, 0.6) is 0 Å². The van der Waals surface area contributed by atoms with Crippen molar-refractivity contribution in [2.24, 2.45) is 0 Å². The average molecular weight is 258 g/mol. The van der Waals surface area contributed by atoms with Gasteiger partial charge in [-0.15, -0.1) is 0 Å². The zero-order valence-corrected chi connectivity index (χ0v) is 11.4. The molecular formula is C12H18O6. The molecule has 0 saturated heterocycles. The van der Waals surface area contributed by atoms with Crippen LogP contribution < -0.4 is 0 Å². The highest BCUT2D eigenvalue weighted by Gasteiger charge is 2.24. The quantitative estimate of drug-likeness (QED) is 0.558. The lowest BCUT2D eigenvalue weighted by Crippen LogP contribution is -2.30. The van der Waals surface area contributed by atoms with Gasteiger partial charge < -0.3 is 18.9 Å². The lowest BCUT2D eigenvalue weighted by Gasteiger charge is -2.20. The maximum atomic E-state index is 11.0. The normalized spacial score (nSPS) is 10.8. The van der Waals surface area contributed by atoms with Crippen LogP contribution in [0.15, 0.2) is 0 Å². The molecule has 18 heavy (non-hydrogen) atoms. The van der Waals surface area contributed by atoms with E-state index in [4.69, 9.17) is 9.47 Å². The SMILES string of the molecule is COC(=O)OC(C)(C)C#CC(C)(C)OC(=O)OC. The molecule has 6 heteroatoms. The number of hydrogen-bond donors (Lipinski definition) is 0. The second kappa shape index (κ2) is 6.15. The predicted molar refractivity (Wildman–Crippen MR) is 62.9 cm³/mol. The van der Waals surface area contributed by atoms with Gasteiger partial charge in [0, 0.05) is 0 Å². The van der Waals surface area contributed by atoms with Crippen molar-refractivity contribution in [3.8, 4) is 11.8 Å². The highest BCUT2D eigenvalue weighted by Crippen LogP contribution is 2.13.